The first-order valence-electron chi connectivity index (χ1n) is 6.27. The lowest BCUT2D eigenvalue weighted by molar-refractivity contribution is 0.594. The van der Waals surface area contributed by atoms with E-state index in [0.29, 0.717) is 12.5 Å². The van der Waals surface area contributed by atoms with E-state index in [-0.39, 0.29) is 0 Å². The Morgan fingerprint density at radius 2 is 2.00 bits per heavy atom. The third kappa shape index (κ3) is 2.65. The lowest BCUT2D eigenvalue weighted by Crippen LogP contribution is -2.13. The predicted molar refractivity (Wildman–Crippen MR) is 78.1 cm³/mol. The Balaban J connectivity index is 2.64. The van der Waals surface area contributed by atoms with Crippen LogP contribution in [0.15, 0.2) is 18.2 Å². The number of hydrogen-bond acceptors (Lipinski definition) is 2. The van der Waals surface area contributed by atoms with Crippen LogP contribution >= 0.6 is 11.6 Å². The van der Waals surface area contributed by atoms with Crippen molar-refractivity contribution in [2.45, 2.75) is 27.2 Å². The van der Waals surface area contributed by atoms with Crippen LogP contribution in [0.4, 0.5) is 0 Å². The van der Waals surface area contributed by atoms with Gasteiger partial charge in [-0.25, -0.2) is 0 Å². The fourth-order valence-electron chi connectivity index (χ4n) is 2.30. The Hall–Kier alpha value is -1.12. The van der Waals surface area contributed by atoms with E-state index in [0.717, 1.165) is 28.0 Å². The van der Waals surface area contributed by atoms with Gasteiger partial charge in [-0.15, -0.1) is 0 Å². The molecule has 2 N–H and O–H groups in total. The van der Waals surface area contributed by atoms with Crippen LogP contribution in [0.2, 0.25) is 5.02 Å². The summed E-state index contributed by atoms with van der Waals surface area (Å²) >= 11 is 6.20. The maximum absolute atomic E-state index is 6.20. The number of aryl methyl sites for hydroxylation is 2. The van der Waals surface area contributed by atoms with Crippen molar-refractivity contribution in [1.82, 2.24) is 4.98 Å². The molecule has 0 saturated carbocycles. The number of nitrogens with two attached hydrogens (primary N) is 1. The summed E-state index contributed by atoms with van der Waals surface area (Å²) in [7, 11) is 0. The first kappa shape index (κ1) is 13.3. The summed E-state index contributed by atoms with van der Waals surface area (Å²) in [4.78, 5) is 4.67. The monoisotopic (exact) mass is 262 g/mol. The lowest BCUT2D eigenvalue weighted by Gasteiger charge is -2.13. The Labute approximate surface area is 113 Å². The molecular weight excluding hydrogens is 244 g/mol. The molecule has 1 heterocycles. The predicted octanol–water partition coefficient (Wildman–Crippen LogP) is 3.64. The molecule has 1 atom stereocenters. The zero-order valence-corrected chi connectivity index (χ0v) is 11.9. The average Bonchev–Trinajstić information content (AvgIpc) is 2.30. The van der Waals surface area contributed by atoms with Gasteiger partial charge in [0.15, 0.2) is 0 Å². The van der Waals surface area contributed by atoms with Gasteiger partial charge < -0.3 is 5.73 Å². The largest absolute Gasteiger partial charge is 0.330 e. The summed E-state index contributed by atoms with van der Waals surface area (Å²) < 4.78 is 0. The topological polar surface area (TPSA) is 38.9 Å². The Morgan fingerprint density at radius 1 is 1.28 bits per heavy atom. The summed E-state index contributed by atoms with van der Waals surface area (Å²) in [6, 6.07) is 6.10. The van der Waals surface area contributed by atoms with Crippen LogP contribution in [0.25, 0.3) is 10.9 Å². The second kappa shape index (κ2) is 5.25. The second-order valence-electron chi connectivity index (χ2n) is 5.09. The van der Waals surface area contributed by atoms with Gasteiger partial charge in [-0.05, 0) is 62.1 Å². The van der Waals surface area contributed by atoms with Crippen molar-refractivity contribution >= 4 is 22.5 Å². The smallest absolute Gasteiger partial charge is 0.0740 e. The molecule has 0 saturated heterocycles. The Kier molecular flexibility index (Phi) is 3.88. The van der Waals surface area contributed by atoms with Crippen LogP contribution in [0.3, 0.4) is 0 Å². The highest BCUT2D eigenvalue weighted by molar-refractivity contribution is 6.31. The molecule has 2 rings (SSSR count). The minimum atomic E-state index is 0.439. The molecule has 0 spiro atoms. The van der Waals surface area contributed by atoms with Gasteiger partial charge in [0.1, 0.15) is 0 Å². The summed E-state index contributed by atoms with van der Waals surface area (Å²) in [6.45, 7) is 6.95. The average molecular weight is 263 g/mol. The zero-order chi connectivity index (χ0) is 13.3. The minimum Gasteiger partial charge on any atom is -0.330 e. The van der Waals surface area contributed by atoms with Gasteiger partial charge in [-0.2, -0.15) is 0 Å². The van der Waals surface area contributed by atoms with Gasteiger partial charge >= 0.3 is 0 Å². The van der Waals surface area contributed by atoms with E-state index in [4.69, 9.17) is 17.3 Å². The van der Waals surface area contributed by atoms with Crippen molar-refractivity contribution in [3.05, 3.63) is 40.0 Å². The highest BCUT2D eigenvalue weighted by atomic mass is 35.5. The minimum absolute atomic E-state index is 0.439. The molecule has 0 aliphatic carbocycles. The number of rotatable bonds is 3. The van der Waals surface area contributed by atoms with E-state index in [2.05, 4.69) is 24.9 Å². The maximum Gasteiger partial charge on any atom is 0.0740 e. The molecule has 0 bridgehead atoms. The number of hydrogen-bond donors (Lipinski definition) is 1. The van der Waals surface area contributed by atoms with Crippen molar-refractivity contribution in [1.29, 1.82) is 0 Å². The molecular formula is C15H19ClN2. The van der Waals surface area contributed by atoms with E-state index in [1.807, 2.05) is 19.1 Å². The quantitative estimate of drug-likeness (QED) is 0.917. The van der Waals surface area contributed by atoms with Crippen LogP contribution in [0.1, 0.15) is 23.7 Å². The van der Waals surface area contributed by atoms with Gasteiger partial charge in [0, 0.05) is 16.1 Å². The molecule has 0 radical (unpaired) electrons. The standard InChI is InChI=1S/C15H19ClN2/c1-9(8-17)4-12-6-13(16)7-14-10(2)5-11(3)18-15(12)14/h5-7,9H,4,8,17H2,1-3H3. The molecule has 2 aromatic rings. The van der Waals surface area contributed by atoms with Crippen LogP contribution in [-0.4, -0.2) is 11.5 Å². The molecule has 1 unspecified atom stereocenters. The molecule has 0 fully saturated rings. The molecule has 18 heavy (non-hydrogen) atoms. The fourth-order valence-corrected chi connectivity index (χ4v) is 2.54. The molecule has 1 aromatic heterocycles. The SMILES string of the molecule is Cc1cc(C)c2cc(Cl)cc(CC(C)CN)c2n1. The van der Waals surface area contributed by atoms with Gasteiger partial charge in [0.05, 0.1) is 5.52 Å². The van der Waals surface area contributed by atoms with Crippen molar-refractivity contribution in [2.24, 2.45) is 11.7 Å². The number of benzene rings is 1. The van der Waals surface area contributed by atoms with Crippen molar-refractivity contribution in [3.63, 3.8) is 0 Å². The van der Waals surface area contributed by atoms with Crippen LogP contribution < -0.4 is 5.73 Å². The van der Waals surface area contributed by atoms with Crippen LogP contribution in [-0.2, 0) is 6.42 Å². The van der Waals surface area contributed by atoms with Crippen LogP contribution in [0, 0.1) is 19.8 Å². The number of halogens is 1. The Bertz CT molecular complexity index is 578. The Morgan fingerprint density at radius 3 is 2.67 bits per heavy atom. The highest BCUT2D eigenvalue weighted by Crippen LogP contribution is 2.27. The number of nitrogens with zero attached hydrogens (tertiary/aromatic N) is 1. The molecule has 3 heteroatoms. The number of aromatic nitrogens is 1. The molecule has 1 aromatic carbocycles. The summed E-state index contributed by atoms with van der Waals surface area (Å²) in [5, 5.41) is 1.92. The third-order valence-corrected chi connectivity index (χ3v) is 3.48. The summed E-state index contributed by atoms with van der Waals surface area (Å²) in [6.07, 6.45) is 0.920. The highest BCUT2D eigenvalue weighted by Gasteiger charge is 2.10. The number of pyridine rings is 1. The first-order valence-corrected chi connectivity index (χ1v) is 6.65. The van der Waals surface area contributed by atoms with E-state index in [1.54, 1.807) is 0 Å². The molecule has 2 nitrogen and oxygen atoms in total. The van der Waals surface area contributed by atoms with E-state index in [1.165, 1.54) is 11.1 Å². The summed E-state index contributed by atoms with van der Waals surface area (Å²) in [5.41, 5.74) is 10.2. The second-order valence-corrected chi connectivity index (χ2v) is 5.52. The van der Waals surface area contributed by atoms with E-state index < -0.39 is 0 Å². The number of fused-ring (bicyclic) bond motifs is 1. The fraction of sp³-hybridized carbons (Fsp3) is 0.400. The van der Waals surface area contributed by atoms with Gasteiger partial charge in [-0.1, -0.05) is 18.5 Å². The van der Waals surface area contributed by atoms with E-state index in [9.17, 15) is 0 Å². The normalized spacial score (nSPS) is 12.9. The lowest BCUT2D eigenvalue weighted by atomic mass is 9.97. The molecule has 0 amide bonds. The zero-order valence-electron chi connectivity index (χ0n) is 11.1. The van der Waals surface area contributed by atoms with Gasteiger partial charge in [-0.3, -0.25) is 4.98 Å². The van der Waals surface area contributed by atoms with Crippen molar-refractivity contribution < 1.29 is 0 Å². The maximum atomic E-state index is 6.20. The third-order valence-electron chi connectivity index (χ3n) is 3.26. The first-order chi connectivity index (χ1) is 8.51. The molecule has 0 aliphatic heterocycles. The van der Waals surface area contributed by atoms with Crippen molar-refractivity contribution in [3.8, 4) is 0 Å². The summed E-state index contributed by atoms with van der Waals surface area (Å²) in [5.74, 6) is 0.439. The van der Waals surface area contributed by atoms with Crippen LogP contribution in [0.5, 0.6) is 0 Å². The van der Waals surface area contributed by atoms with Crippen molar-refractivity contribution in [2.75, 3.05) is 6.54 Å². The van der Waals surface area contributed by atoms with E-state index >= 15 is 0 Å². The molecule has 0 aliphatic rings. The molecule has 96 valence electrons. The van der Waals surface area contributed by atoms with Gasteiger partial charge in [0.25, 0.3) is 0 Å². The van der Waals surface area contributed by atoms with Gasteiger partial charge in [0.2, 0.25) is 0 Å².